The van der Waals surface area contributed by atoms with Gasteiger partial charge in [-0.2, -0.15) is 0 Å². The van der Waals surface area contributed by atoms with Gasteiger partial charge in [-0.05, 0) is 30.5 Å². The first-order valence-electron chi connectivity index (χ1n) is 8.28. The fraction of sp³-hybridized carbons (Fsp3) is 0.588. The fourth-order valence-corrected chi connectivity index (χ4v) is 3.44. The second kappa shape index (κ2) is 6.37. The maximum Gasteiger partial charge on any atom is 0.254 e. The van der Waals surface area contributed by atoms with E-state index in [1.165, 1.54) is 0 Å². The molecule has 2 saturated heterocycles. The topological polar surface area (TPSA) is 51.2 Å². The minimum absolute atomic E-state index is 0.0761. The molecule has 6 heteroatoms. The molecule has 124 valence electrons. The van der Waals surface area contributed by atoms with Crippen LogP contribution >= 0.6 is 0 Å². The molecule has 4 rings (SSSR count). The number of amides is 1. The Balaban J connectivity index is 1.33. The highest BCUT2D eigenvalue weighted by atomic mass is 16.7. The summed E-state index contributed by atoms with van der Waals surface area (Å²) >= 11 is 0. The molecule has 1 unspecified atom stereocenters. The second-order valence-corrected chi connectivity index (χ2v) is 6.39. The van der Waals surface area contributed by atoms with Gasteiger partial charge in [0, 0.05) is 44.9 Å². The number of fused-ring (bicyclic) bond motifs is 1. The van der Waals surface area contributed by atoms with Crippen LogP contribution in [-0.2, 0) is 4.74 Å². The van der Waals surface area contributed by atoms with Gasteiger partial charge in [0.15, 0.2) is 11.5 Å². The van der Waals surface area contributed by atoms with E-state index in [-0.39, 0.29) is 12.7 Å². The predicted octanol–water partition coefficient (Wildman–Crippen LogP) is 1.21. The standard InChI is InChI=1S/C17H22N2O4/c20-17(14-1-2-15-16(9-14)23-12-22-15)19-6-4-18(5-7-19)10-13-3-8-21-11-13/h1-2,9,13H,3-8,10-12H2. The maximum atomic E-state index is 12.6. The van der Waals surface area contributed by atoms with E-state index in [4.69, 9.17) is 14.2 Å². The molecule has 6 nitrogen and oxygen atoms in total. The van der Waals surface area contributed by atoms with Crippen molar-refractivity contribution in [2.75, 3.05) is 52.7 Å². The smallest absolute Gasteiger partial charge is 0.254 e. The van der Waals surface area contributed by atoms with Crippen LogP contribution in [0.15, 0.2) is 18.2 Å². The van der Waals surface area contributed by atoms with Gasteiger partial charge in [-0.15, -0.1) is 0 Å². The summed E-state index contributed by atoms with van der Waals surface area (Å²) in [7, 11) is 0. The molecule has 23 heavy (non-hydrogen) atoms. The summed E-state index contributed by atoms with van der Waals surface area (Å²) in [5.41, 5.74) is 0.673. The number of piperazine rings is 1. The number of carbonyl (C=O) groups is 1. The van der Waals surface area contributed by atoms with E-state index >= 15 is 0 Å². The lowest BCUT2D eigenvalue weighted by Crippen LogP contribution is -2.49. The normalized spacial score (nSPS) is 24.2. The van der Waals surface area contributed by atoms with Crippen molar-refractivity contribution in [3.8, 4) is 11.5 Å². The Hall–Kier alpha value is -1.79. The molecule has 0 saturated carbocycles. The minimum atomic E-state index is 0.0761. The molecule has 3 aliphatic heterocycles. The summed E-state index contributed by atoms with van der Waals surface area (Å²) in [6.45, 7) is 6.54. The number of hydrogen-bond donors (Lipinski definition) is 0. The van der Waals surface area contributed by atoms with Crippen molar-refractivity contribution in [2.45, 2.75) is 6.42 Å². The first-order valence-corrected chi connectivity index (χ1v) is 8.28. The minimum Gasteiger partial charge on any atom is -0.454 e. The Labute approximate surface area is 135 Å². The first-order chi connectivity index (χ1) is 11.3. The zero-order chi connectivity index (χ0) is 15.6. The van der Waals surface area contributed by atoms with E-state index in [2.05, 4.69) is 4.90 Å². The zero-order valence-corrected chi connectivity index (χ0v) is 13.2. The van der Waals surface area contributed by atoms with Crippen molar-refractivity contribution in [3.63, 3.8) is 0 Å². The summed E-state index contributed by atoms with van der Waals surface area (Å²) in [5, 5.41) is 0. The van der Waals surface area contributed by atoms with Crippen molar-refractivity contribution < 1.29 is 19.0 Å². The monoisotopic (exact) mass is 318 g/mol. The summed E-state index contributed by atoms with van der Waals surface area (Å²) < 4.78 is 16.1. The Morgan fingerprint density at radius 3 is 2.74 bits per heavy atom. The van der Waals surface area contributed by atoms with Crippen LogP contribution in [0.1, 0.15) is 16.8 Å². The van der Waals surface area contributed by atoms with Crippen LogP contribution in [0.3, 0.4) is 0 Å². The van der Waals surface area contributed by atoms with E-state index in [9.17, 15) is 4.79 Å². The molecule has 1 amide bonds. The molecule has 0 N–H and O–H groups in total. The van der Waals surface area contributed by atoms with Crippen LogP contribution in [0.2, 0.25) is 0 Å². The van der Waals surface area contributed by atoms with Gasteiger partial charge in [0.05, 0.1) is 6.61 Å². The van der Waals surface area contributed by atoms with E-state index in [0.717, 1.165) is 52.4 Å². The predicted molar refractivity (Wildman–Crippen MR) is 83.8 cm³/mol. The van der Waals surface area contributed by atoms with Crippen molar-refractivity contribution >= 4 is 5.91 Å². The number of hydrogen-bond acceptors (Lipinski definition) is 5. The van der Waals surface area contributed by atoms with Crippen LogP contribution in [0.25, 0.3) is 0 Å². The molecule has 1 atom stereocenters. The van der Waals surface area contributed by atoms with Gasteiger partial charge in [-0.3, -0.25) is 9.69 Å². The van der Waals surface area contributed by atoms with Crippen molar-refractivity contribution in [1.29, 1.82) is 0 Å². The van der Waals surface area contributed by atoms with Gasteiger partial charge in [0.2, 0.25) is 6.79 Å². The second-order valence-electron chi connectivity index (χ2n) is 6.39. The largest absolute Gasteiger partial charge is 0.454 e. The number of nitrogens with zero attached hydrogens (tertiary/aromatic N) is 2. The van der Waals surface area contributed by atoms with E-state index in [1.54, 1.807) is 6.07 Å². The molecule has 0 aliphatic carbocycles. The van der Waals surface area contributed by atoms with Crippen molar-refractivity contribution in [2.24, 2.45) is 5.92 Å². The van der Waals surface area contributed by atoms with Crippen molar-refractivity contribution in [3.05, 3.63) is 23.8 Å². The lowest BCUT2D eigenvalue weighted by atomic mass is 10.1. The molecule has 3 aliphatic rings. The Kier molecular flexibility index (Phi) is 4.10. The molecule has 2 fully saturated rings. The van der Waals surface area contributed by atoms with Gasteiger partial charge < -0.3 is 19.1 Å². The molecule has 3 heterocycles. The molecule has 0 radical (unpaired) electrons. The highest BCUT2D eigenvalue weighted by Crippen LogP contribution is 2.32. The Morgan fingerprint density at radius 1 is 1.13 bits per heavy atom. The number of ether oxygens (including phenoxy) is 3. The maximum absolute atomic E-state index is 12.6. The lowest BCUT2D eigenvalue weighted by Gasteiger charge is -2.35. The van der Waals surface area contributed by atoms with Gasteiger partial charge in [0.25, 0.3) is 5.91 Å². The first kappa shape index (κ1) is 14.8. The van der Waals surface area contributed by atoms with Crippen LogP contribution in [0, 0.1) is 5.92 Å². The molecule has 1 aromatic rings. The summed E-state index contributed by atoms with van der Waals surface area (Å²) in [5.74, 6) is 2.11. The highest BCUT2D eigenvalue weighted by molar-refractivity contribution is 5.95. The molecular formula is C17H22N2O4. The molecule has 1 aromatic carbocycles. The number of benzene rings is 1. The third kappa shape index (κ3) is 3.14. The average Bonchev–Trinajstić information content (AvgIpc) is 3.25. The van der Waals surface area contributed by atoms with E-state index < -0.39 is 0 Å². The van der Waals surface area contributed by atoms with Gasteiger partial charge in [-0.1, -0.05) is 0 Å². The SMILES string of the molecule is O=C(c1ccc2c(c1)OCO2)N1CCN(CC2CCOC2)CC1. The quantitative estimate of drug-likeness (QED) is 0.838. The molecular weight excluding hydrogens is 296 g/mol. The summed E-state index contributed by atoms with van der Waals surface area (Å²) in [4.78, 5) is 17.0. The van der Waals surface area contributed by atoms with Crippen LogP contribution in [-0.4, -0.2) is 68.4 Å². The van der Waals surface area contributed by atoms with Crippen LogP contribution in [0.4, 0.5) is 0 Å². The summed E-state index contributed by atoms with van der Waals surface area (Å²) in [6.07, 6.45) is 1.16. The Morgan fingerprint density at radius 2 is 1.96 bits per heavy atom. The average molecular weight is 318 g/mol. The molecule has 0 bridgehead atoms. The third-order valence-corrected chi connectivity index (χ3v) is 4.82. The van der Waals surface area contributed by atoms with Crippen LogP contribution < -0.4 is 9.47 Å². The lowest BCUT2D eigenvalue weighted by molar-refractivity contribution is 0.0611. The van der Waals surface area contributed by atoms with E-state index in [0.29, 0.717) is 23.0 Å². The number of carbonyl (C=O) groups excluding carboxylic acids is 1. The number of rotatable bonds is 3. The van der Waals surface area contributed by atoms with Crippen molar-refractivity contribution in [1.82, 2.24) is 9.80 Å². The zero-order valence-electron chi connectivity index (χ0n) is 13.2. The van der Waals surface area contributed by atoms with E-state index in [1.807, 2.05) is 17.0 Å². The van der Waals surface area contributed by atoms with Gasteiger partial charge in [0.1, 0.15) is 0 Å². The fourth-order valence-electron chi connectivity index (χ4n) is 3.44. The highest BCUT2D eigenvalue weighted by Gasteiger charge is 2.26. The van der Waals surface area contributed by atoms with Crippen LogP contribution in [0.5, 0.6) is 11.5 Å². The molecule has 0 spiro atoms. The summed E-state index contributed by atoms with van der Waals surface area (Å²) in [6, 6.07) is 5.41. The Bertz CT molecular complexity index is 578. The molecule has 0 aromatic heterocycles. The van der Waals surface area contributed by atoms with Gasteiger partial charge in [-0.25, -0.2) is 0 Å². The third-order valence-electron chi connectivity index (χ3n) is 4.82. The van der Waals surface area contributed by atoms with Gasteiger partial charge >= 0.3 is 0 Å².